The molecule has 0 amide bonds. The summed E-state index contributed by atoms with van der Waals surface area (Å²) in [6.45, 7) is 3.32. The van der Waals surface area contributed by atoms with Gasteiger partial charge in [0.1, 0.15) is 46.5 Å². The number of aliphatic hydroxyl groups excluding tert-OH is 2. The zero-order valence-electron chi connectivity index (χ0n) is 20.7. The van der Waals surface area contributed by atoms with E-state index in [9.17, 15) is 19.0 Å². The minimum Gasteiger partial charge on any atom is -0.394 e. The molecule has 3 aromatic heterocycles. The molecule has 0 aliphatic carbocycles. The lowest BCUT2D eigenvalue weighted by Gasteiger charge is -2.38. The summed E-state index contributed by atoms with van der Waals surface area (Å²) >= 11 is 7.18. The number of aliphatic hydroxyl groups is 2. The van der Waals surface area contributed by atoms with Crippen LogP contribution < -0.4 is 0 Å². The predicted octanol–water partition coefficient (Wildman–Crippen LogP) is 4.11. The van der Waals surface area contributed by atoms with E-state index in [1.54, 1.807) is 11.3 Å². The van der Waals surface area contributed by atoms with Crippen LogP contribution in [0.2, 0.25) is 5.02 Å². The molecule has 0 bridgehead atoms. The molecular weight excluding hydrogens is 552 g/mol. The quantitative estimate of drug-likeness (QED) is 0.301. The molecule has 10 nitrogen and oxygen atoms in total. The van der Waals surface area contributed by atoms with Gasteiger partial charge in [0.05, 0.1) is 39.8 Å². The number of fused-ring (bicyclic) bond motifs is 1. The molecule has 202 valence electrons. The van der Waals surface area contributed by atoms with Crippen LogP contribution in [0, 0.1) is 25.5 Å². The zero-order chi connectivity index (χ0) is 27.4. The summed E-state index contributed by atoms with van der Waals surface area (Å²) < 4.78 is 38.4. The summed E-state index contributed by atoms with van der Waals surface area (Å²) in [6.07, 6.45) is -1.08. The number of thiazole rings is 1. The van der Waals surface area contributed by atoms with Crippen molar-refractivity contribution in [2.45, 2.75) is 44.6 Å². The maximum atomic E-state index is 14.0. The molecule has 1 aliphatic heterocycles. The van der Waals surface area contributed by atoms with E-state index in [4.69, 9.17) is 16.3 Å². The van der Waals surface area contributed by atoms with Crippen molar-refractivity contribution in [3.05, 3.63) is 69.8 Å². The number of hydrogen-bond acceptors (Lipinski definition) is 9. The van der Waals surface area contributed by atoms with Gasteiger partial charge in [-0.15, -0.1) is 26.6 Å². The van der Waals surface area contributed by atoms with Gasteiger partial charge in [0.15, 0.2) is 5.82 Å². The molecule has 4 unspecified atom stereocenters. The van der Waals surface area contributed by atoms with Gasteiger partial charge in [-0.2, -0.15) is 0 Å². The fourth-order valence-electron chi connectivity index (χ4n) is 4.88. The van der Waals surface area contributed by atoms with Crippen LogP contribution in [0.25, 0.3) is 27.2 Å². The van der Waals surface area contributed by atoms with Crippen molar-refractivity contribution >= 4 is 33.2 Å². The van der Waals surface area contributed by atoms with Crippen LogP contribution in [0.4, 0.5) is 8.78 Å². The lowest BCUT2D eigenvalue weighted by Crippen LogP contribution is -2.45. The van der Waals surface area contributed by atoms with E-state index in [0.717, 1.165) is 33.0 Å². The smallest absolute Gasteiger partial charge is 0.166 e. The van der Waals surface area contributed by atoms with Crippen LogP contribution in [0.1, 0.15) is 35.2 Å². The molecular formula is C25H22ClF2N7O3S. The minimum atomic E-state index is -1.14. The van der Waals surface area contributed by atoms with Gasteiger partial charge in [0.2, 0.25) is 0 Å². The molecule has 39 heavy (non-hydrogen) atoms. The standard InChI is InChI=1S/C25H22ClF2N7O3S/c1-11-30-32-25(35(11)14-3-4-17-22(7-14)39-12(2)29-17)20-8-19(24(37)21(10-36)38-20)34-9-18(31-33-34)13-5-15(27)23(26)16(28)6-13/h3-7,9,19-21,24,36-37H,8,10H2,1-2H3. The highest BCUT2D eigenvalue weighted by molar-refractivity contribution is 7.18. The maximum Gasteiger partial charge on any atom is 0.166 e. The summed E-state index contributed by atoms with van der Waals surface area (Å²) in [6, 6.07) is 7.29. The second kappa shape index (κ2) is 9.99. The van der Waals surface area contributed by atoms with Crippen LogP contribution in [0.5, 0.6) is 0 Å². The highest BCUT2D eigenvalue weighted by atomic mass is 35.5. The van der Waals surface area contributed by atoms with E-state index in [1.165, 1.54) is 10.9 Å². The first kappa shape index (κ1) is 25.9. The monoisotopic (exact) mass is 573 g/mol. The van der Waals surface area contributed by atoms with Crippen molar-refractivity contribution in [1.82, 2.24) is 34.7 Å². The van der Waals surface area contributed by atoms with E-state index in [0.29, 0.717) is 11.6 Å². The van der Waals surface area contributed by atoms with Crippen LogP contribution in [-0.4, -0.2) is 63.8 Å². The van der Waals surface area contributed by atoms with E-state index < -0.39 is 47.6 Å². The Kier molecular flexibility index (Phi) is 6.63. The number of hydrogen-bond donors (Lipinski definition) is 2. The van der Waals surface area contributed by atoms with Gasteiger partial charge in [0, 0.05) is 12.0 Å². The zero-order valence-corrected chi connectivity index (χ0v) is 22.2. The Labute approximate surface area is 229 Å². The Hall–Kier alpha value is -3.36. The van der Waals surface area contributed by atoms with Gasteiger partial charge in [0.25, 0.3) is 0 Å². The van der Waals surface area contributed by atoms with Gasteiger partial charge in [-0.25, -0.2) is 18.4 Å². The molecule has 1 fully saturated rings. The maximum absolute atomic E-state index is 14.0. The van der Waals surface area contributed by atoms with Gasteiger partial charge in [-0.3, -0.25) is 4.57 Å². The number of aromatic nitrogens is 7. The highest BCUT2D eigenvalue weighted by Crippen LogP contribution is 2.39. The topological polar surface area (TPSA) is 124 Å². The third kappa shape index (κ3) is 4.59. The molecule has 1 aliphatic rings. The number of halogens is 3. The molecule has 1 saturated heterocycles. The average molecular weight is 574 g/mol. The predicted molar refractivity (Wildman–Crippen MR) is 139 cm³/mol. The Balaban J connectivity index is 1.35. The fraction of sp³-hybridized carbons (Fsp3) is 0.320. The van der Waals surface area contributed by atoms with Crippen LogP contribution in [0.3, 0.4) is 0 Å². The molecule has 2 N–H and O–H groups in total. The second-order valence-corrected chi connectivity index (χ2v) is 10.9. The largest absolute Gasteiger partial charge is 0.394 e. The number of ether oxygens (including phenoxy) is 1. The van der Waals surface area contributed by atoms with Crippen LogP contribution in [-0.2, 0) is 4.74 Å². The Bertz CT molecular complexity index is 1670. The van der Waals surface area contributed by atoms with Gasteiger partial charge >= 0.3 is 0 Å². The normalized spacial score (nSPS) is 21.6. The van der Waals surface area contributed by atoms with Crippen molar-refractivity contribution in [2.75, 3.05) is 6.61 Å². The summed E-state index contributed by atoms with van der Waals surface area (Å²) in [4.78, 5) is 4.51. The molecule has 2 aromatic carbocycles. The van der Waals surface area contributed by atoms with E-state index in [1.807, 2.05) is 36.6 Å². The molecule has 6 rings (SSSR count). The SMILES string of the molecule is Cc1nc2ccc(-n3c(C)nnc3C3CC(n4cc(-c5cc(F)c(Cl)c(F)c5)nn4)C(O)C(CO)O3)cc2s1. The summed E-state index contributed by atoms with van der Waals surface area (Å²) in [5, 5.41) is 38.1. The Morgan fingerprint density at radius 1 is 1.13 bits per heavy atom. The van der Waals surface area contributed by atoms with Gasteiger partial charge in [-0.05, 0) is 44.2 Å². The van der Waals surface area contributed by atoms with Crippen molar-refractivity contribution in [3.8, 4) is 16.9 Å². The first-order valence-corrected chi connectivity index (χ1v) is 13.2. The minimum absolute atomic E-state index is 0.140. The van der Waals surface area contributed by atoms with Crippen molar-refractivity contribution in [1.29, 1.82) is 0 Å². The number of rotatable bonds is 5. The van der Waals surface area contributed by atoms with Crippen molar-refractivity contribution in [2.24, 2.45) is 0 Å². The lowest BCUT2D eigenvalue weighted by molar-refractivity contribution is -0.161. The lowest BCUT2D eigenvalue weighted by atomic mass is 9.95. The van der Waals surface area contributed by atoms with E-state index >= 15 is 0 Å². The Morgan fingerprint density at radius 2 is 1.90 bits per heavy atom. The number of nitrogens with zero attached hydrogens (tertiary/aromatic N) is 7. The third-order valence-electron chi connectivity index (χ3n) is 6.75. The summed E-state index contributed by atoms with van der Waals surface area (Å²) in [7, 11) is 0. The van der Waals surface area contributed by atoms with E-state index in [-0.39, 0.29) is 17.7 Å². The van der Waals surface area contributed by atoms with E-state index in [2.05, 4.69) is 25.5 Å². The van der Waals surface area contributed by atoms with Crippen molar-refractivity contribution < 1.29 is 23.7 Å². The van der Waals surface area contributed by atoms with Crippen LogP contribution >= 0.6 is 22.9 Å². The average Bonchev–Trinajstić information content (AvgIpc) is 3.64. The molecule has 0 saturated carbocycles. The highest BCUT2D eigenvalue weighted by Gasteiger charge is 2.41. The van der Waals surface area contributed by atoms with Gasteiger partial charge in [-0.1, -0.05) is 16.8 Å². The van der Waals surface area contributed by atoms with Crippen LogP contribution in [0.15, 0.2) is 36.5 Å². The molecule has 0 spiro atoms. The van der Waals surface area contributed by atoms with Crippen molar-refractivity contribution in [3.63, 3.8) is 0 Å². The second-order valence-electron chi connectivity index (χ2n) is 9.30. The number of aryl methyl sites for hydroxylation is 2. The molecule has 0 radical (unpaired) electrons. The third-order valence-corrected chi connectivity index (χ3v) is 8.05. The summed E-state index contributed by atoms with van der Waals surface area (Å²) in [5.41, 5.74) is 2.05. The first-order chi connectivity index (χ1) is 18.7. The molecule has 4 heterocycles. The Morgan fingerprint density at radius 3 is 2.64 bits per heavy atom. The summed E-state index contributed by atoms with van der Waals surface area (Å²) in [5.74, 6) is -0.721. The molecule has 14 heteroatoms. The first-order valence-electron chi connectivity index (χ1n) is 12.0. The fourth-order valence-corrected chi connectivity index (χ4v) is 5.85. The molecule has 4 atom stereocenters. The number of benzene rings is 2. The van der Waals surface area contributed by atoms with Gasteiger partial charge < -0.3 is 14.9 Å². The molecule has 5 aromatic rings.